The third kappa shape index (κ3) is 9.25. The van der Waals surface area contributed by atoms with Crippen LogP contribution in [0.5, 0.6) is 0 Å². The smallest absolute Gasteiger partial charge is 0.243 e. The van der Waals surface area contributed by atoms with E-state index in [1.165, 1.54) is 17.0 Å². The summed E-state index contributed by atoms with van der Waals surface area (Å²) in [6, 6.07) is 18.1. The molecule has 0 bridgehead atoms. The van der Waals surface area contributed by atoms with Gasteiger partial charge in [-0.15, -0.1) is 0 Å². The van der Waals surface area contributed by atoms with Crippen molar-refractivity contribution in [2.24, 2.45) is 0 Å². The van der Waals surface area contributed by atoms with E-state index in [0.717, 1.165) is 16.1 Å². The lowest BCUT2D eigenvalue weighted by atomic mass is 10.0. The number of carbonyl (C=O) groups is 2. The maximum absolute atomic E-state index is 13.8. The second-order valence-electron chi connectivity index (χ2n) is 9.36. The van der Waals surface area contributed by atoms with Gasteiger partial charge in [-0.25, -0.2) is 8.42 Å². The fourth-order valence-electron chi connectivity index (χ4n) is 4.36. The largest absolute Gasteiger partial charge is 0.355 e. The highest BCUT2D eigenvalue weighted by atomic mass is 35.5. The number of sulfonamides is 1. The zero-order chi connectivity index (χ0) is 30.2. The lowest BCUT2D eigenvalue weighted by Crippen LogP contribution is -2.50. The van der Waals surface area contributed by atoms with Crippen LogP contribution in [0.2, 0.25) is 20.1 Å². The van der Waals surface area contributed by atoms with Crippen LogP contribution in [0.4, 0.5) is 5.69 Å². The Morgan fingerprint density at radius 2 is 1.56 bits per heavy atom. The number of carbonyl (C=O) groups excluding carboxylic acids is 2. The molecular weight excluding hydrogens is 628 g/mol. The Labute approximate surface area is 261 Å². The van der Waals surface area contributed by atoms with Crippen LogP contribution in [0.25, 0.3) is 0 Å². The van der Waals surface area contributed by atoms with Crippen molar-refractivity contribution in [3.05, 3.63) is 97.9 Å². The standard InChI is InChI=1S/C29H31Cl4N3O4S/c1-3-34-29(38)27(17-20-9-5-4-6-10-20)35(19-22-23(31)11-7-12-24(22)32)28(37)13-8-16-36(41(2,39)40)26-18-21(30)14-15-25(26)33/h4-7,9-12,14-15,18,27H,3,8,13,16-17,19H2,1-2H3,(H,34,38). The zero-order valence-electron chi connectivity index (χ0n) is 22.6. The van der Waals surface area contributed by atoms with Gasteiger partial charge in [-0.2, -0.15) is 0 Å². The van der Waals surface area contributed by atoms with Crippen molar-refractivity contribution in [3.63, 3.8) is 0 Å². The summed E-state index contributed by atoms with van der Waals surface area (Å²) in [7, 11) is -3.75. The van der Waals surface area contributed by atoms with Gasteiger partial charge in [-0.05, 0) is 49.2 Å². The summed E-state index contributed by atoms with van der Waals surface area (Å²) in [5.74, 6) is -0.685. The van der Waals surface area contributed by atoms with E-state index in [1.807, 2.05) is 30.3 Å². The van der Waals surface area contributed by atoms with Crippen molar-refractivity contribution in [3.8, 4) is 0 Å². The zero-order valence-corrected chi connectivity index (χ0v) is 26.5. The first-order chi connectivity index (χ1) is 19.4. The minimum absolute atomic E-state index is 0.0120. The molecule has 0 aliphatic heterocycles. The molecule has 0 aliphatic carbocycles. The first-order valence-corrected chi connectivity index (χ1v) is 16.2. The number of anilines is 1. The van der Waals surface area contributed by atoms with Crippen molar-refractivity contribution in [2.45, 2.75) is 38.8 Å². The molecule has 3 rings (SSSR count). The van der Waals surface area contributed by atoms with Gasteiger partial charge >= 0.3 is 0 Å². The molecular formula is C29H31Cl4N3O4S. The third-order valence-corrected chi connectivity index (χ3v) is 8.78. The number of amides is 2. The third-order valence-electron chi connectivity index (χ3n) is 6.34. The van der Waals surface area contributed by atoms with Gasteiger partial charge in [-0.3, -0.25) is 13.9 Å². The lowest BCUT2D eigenvalue weighted by Gasteiger charge is -2.32. The molecule has 0 aromatic heterocycles. The van der Waals surface area contributed by atoms with E-state index < -0.39 is 16.1 Å². The number of rotatable bonds is 13. The quantitative estimate of drug-likeness (QED) is 0.224. The van der Waals surface area contributed by atoms with E-state index in [1.54, 1.807) is 31.2 Å². The lowest BCUT2D eigenvalue weighted by molar-refractivity contribution is -0.141. The maximum Gasteiger partial charge on any atom is 0.243 e. The topological polar surface area (TPSA) is 86.8 Å². The highest BCUT2D eigenvalue weighted by Crippen LogP contribution is 2.31. The molecule has 1 unspecified atom stereocenters. The highest BCUT2D eigenvalue weighted by Gasteiger charge is 2.31. The first kappa shape index (κ1) is 33.0. The van der Waals surface area contributed by atoms with Gasteiger partial charge in [0, 0.05) is 53.1 Å². The Bertz CT molecular complexity index is 1450. The molecule has 0 saturated heterocycles. The van der Waals surface area contributed by atoms with Gasteiger partial charge in [-0.1, -0.05) is 82.8 Å². The number of halogens is 4. The molecule has 1 atom stereocenters. The van der Waals surface area contributed by atoms with Crippen LogP contribution in [0.15, 0.2) is 66.7 Å². The van der Waals surface area contributed by atoms with E-state index in [-0.39, 0.29) is 54.9 Å². The summed E-state index contributed by atoms with van der Waals surface area (Å²) in [5.41, 5.74) is 1.60. The predicted octanol–water partition coefficient (Wildman–Crippen LogP) is 6.62. The van der Waals surface area contributed by atoms with Crippen LogP contribution in [0.1, 0.15) is 30.9 Å². The Morgan fingerprint density at radius 1 is 0.902 bits per heavy atom. The molecule has 7 nitrogen and oxygen atoms in total. The normalized spacial score (nSPS) is 12.0. The fourth-order valence-corrected chi connectivity index (χ4v) is 6.28. The molecule has 41 heavy (non-hydrogen) atoms. The molecule has 3 aromatic rings. The first-order valence-electron chi connectivity index (χ1n) is 12.9. The molecule has 0 saturated carbocycles. The monoisotopic (exact) mass is 657 g/mol. The van der Waals surface area contributed by atoms with Crippen LogP contribution in [-0.4, -0.2) is 50.5 Å². The van der Waals surface area contributed by atoms with E-state index in [2.05, 4.69) is 5.32 Å². The molecule has 1 N–H and O–H groups in total. The Balaban J connectivity index is 1.92. The summed E-state index contributed by atoms with van der Waals surface area (Å²) in [4.78, 5) is 28.6. The van der Waals surface area contributed by atoms with Gasteiger partial charge in [0.2, 0.25) is 21.8 Å². The van der Waals surface area contributed by atoms with E-state index >= 15 is 0 Å². The molecule has 220 valence electrons. The average molecular weight is 659 g/mol. The second-order valence-corrected chi connectivity index (χ2v) is 12.9. The highest BCUT2D eigenvalue weighted by molar-refractivity contribution is 7.92. The van der Waals surface area contributed by atoms with E-state index in [4.69, 9.17) is 46.4 Å². The number of benzene rings is 3. The molecule has 0 radical (unpaired) electrons. The van der Waals surface area contributed by atoms with Crippen LogP contribution >= 0.6 is 46.4 Å². The van der Waals surface area contributed by atoms with Crippen molar-refractivity contribution >= 4 is 73.9 Å². The summed E-state index contributed by atoms with van der Waals surface area (Å²) in [6.45, 7) is 2.13. The molecule has 2 amide bonds. The van der Waals surface area contributed by atoms with Crippen LogP contribution in [0, 0.1) is 0 Å². The average Bonchev–Trinajstić information content (AvgIpc) is 2.91. The second kappa shape index (κ2) is 15.1. The summed E-state index contributed by atoms with van der Waals surface area (Å²) < 4.78 is 26.4. The van der Waals surface area contributed by atoms with Gasteiger partial charge in [0.25, 0.3) is 0 Å². The number of hydrogen-bond acceptors (Lipinski definition) is 4. The van der Waals surface area contributed by atoms with Crippen molar-refractivity contribution < 1.29 is 18.0 Å². The van der Waals surface area contributed by atoms with Gasteiger partial charge in [0.15, 0.2) is 0 Å². The van der Waals surface area contributed by atoms with E-state index in [9.17, 15) is 18.0 Å². The van der Waals surface area contributed by atoms with E-state index in [0.29, 0.717) is 27.2 Å². The molecule has 0 fully saturated rings. The predicted molar refractivity (Wildman–Crippen MR) is 168 cm³/mol. The molecule has 3 aromatic carbocycles. The summed E-state index contributed by atoms with van der Waals surface area (Å²) in [6.07, 6.45) is 1.41. The molecule has 0 heterocycles. The van der Waals surface area contributed by atoms with Gasteiger partial charge < -0.3 is 10.2 Å². The molecule has 0 spiro atoms. The summed E-state index contributed by atoms with van der Waals surface area (Å²) >= 11 is 25.3. The Kier molecular flexibility index (Phi) is 12.2. The number of nitrogens with one attached hydrogen (secondary N) is 1. The molecule has 12 heteroatoms. The maximum atomic E-state index is 13.8. The minimum atomic E-state index is -3.75. The number of likely N-dealkylation sites (N-methyl/N-ethyl adjacent to an activating group) is 1. The fraction of sp³-hybridized carbons (Fsp3) is 0.310. The van der Waals surface area contributed by atoms with Crippen molar-refractivity contribution in [2.75, 3.05) is 23.7 Å². The molecule has 0 aliphatic rings. The van der Waals surface area contributed by atoms with Crippen LogP contribution in [0.3, 0.4) is 0 Å². The Hall–Kier alpha value is -2.49. The van der Waals surface area contributed by atoms with Crippen molar-refractivity contribution in [1.82, 2.24) is 10.2 Å². The van der Waals surface area contributed by atoms with Crippen LogP contribution in [-0.2, 0) is 32.6 Å². The minimum Gasteiger partial charge on any atom is -0.355 e. The summed E-state index contributed by atoms with van der Waals surface area (Å²) in [5, 5.41) is 4.09. The van der Waals surface area contributed by atoms with Gasteiger partial charge in [0.1, 0.15) is 6.04 Å². The number of hydrogen-bond donors (Lipinski definition) is 1. The van der Waals surface area contributed by atoms with Crippen LogP contribution < -0.4 is 9.62 Å². The van der Waals surface area contributed by atoms with Gasteiger partial charge in [0.05, 0.1) is 17.0 Å². The Morgan fingerprint density at radius 3 is 2.17 bits per heavy atom. The number of nitrogens with zero attached hydrogens (tertiary/aromatic N) is 2. The SMILES string of the molecule is CCNC(=O)C(Cc1ccccc1)N(Cc1c(Cl)cccc1Cl)C(=O)CCCN(c1cc(Cl)ccc1Cl)S(C)(=O)=O. The van der Waals surface area contributed by atoms with Crippen molar-refractivity contribution in [1.29, 1.82) is 0 Å².